The number of hydrogen-bond acceptors (Lipinski definition) is 5. The summed E-state index contributed by atoms with van der Waals surface area (Å²) in [6.07, 6.45) is 1.55. The molecule has 2 heterocycles. The summed E-state index contributed by atoms with van der Waals surface area (Å²) in [7, 11) is 0. The summed E-state index contributed by atoms with van der Waals surface area (Å²) in [4.78, 5) is 25.8. The van der Waals surface area contributed by atoms with Gasteiger partial charge in [-0.1, -0.05) is 11.6 Å². The standard InChI is InChI=1S/C18H20ClNO4/c1-2-23-18(22)12-5-7-20(8-6-12)11-13-9-17(21)24-16-4-3-14(19)10-15(13)16/h3-4,9-10,12H,2,5-8,11H2,1H3. The van der Waals surface area contributed by atoms with E-state index in [1.807, 2.05) is 13.0 Å². The molecule has 3 rings (SSSR count). The first-order valence-electron chi connectivity index (χ1n) is 8.18. The first-order valence-corrected chi connectivity index (χ1v) is 8.56. The number of ether oxygens (including phenoxy) is 1. The normalized spacial score (nSPS) is 16.4. The van der Waals surface area contributed by atoms with Crippen molar-refractivity contribution in [2.75, 3.05) is 19.7 Å². The van der Waals surface area contributed by atoms with Gasteiger partial charge in [0.15, 0.2) is 0 Å². The predicted molar refractivity (Wildman–Crippen MR) is 92.1 cm³/mol. The minimum atomic E-state index is -0.360. The van der Waals surface area contributed by atoms with Crippen molar-refractivity contribution in [3.8, 4) is 0 Å². The zero-order valence-electron chi connectivity index (χ0n) is 13.6. The Hall–Kier alpha value is -1.85. The average molecular weight is 350 g/mol. The number of carbonyl (C=O) groups is 1. The summed E-state index contributed by atoms with van der Waals surface area (Å²) in [5.74, 6) is -0.122. The van der Waals surface area contributed by atoms with Crippen LogP contribution in [-0.4, -0.2) is 30.6 Å². The van der Waals surface area contributed by atoms with Crippen LogP contribution in [0.5, 0.6) is 0 Å². The number of esters is 1. The summed E-state index contributed by atoms with van der Waals surface area (Å²) in [5.41, 5.74) is 1.09. The fraction of sp³-hybridized carbons (Fsp3) is 0.444. The molecule has 0 N–H and O–H groups in total. The molecule has 128 valence electrons. The van der Waals surface area contributed by atoms with Gasteiger partial charge >= 0.3 is 11.6 Å². The molecule has 0 spiro atoms. The van der Waals surface area contributed by atoms with E-state index in [0.717, 1.165) is 36.9 Å². The van der Waals surface area contributed by atoms with E-state index in [9.17, 15) is 9.59 Å². The molecule has 5 nitrogen and oxygen atoms in total. The Bertz CT molecular complexity index is 793. The van der Waals surface area contributed by atoms with Crippen LogP contribution in [-0.2, 0) is 16.1 Å². The number of nitrogens with zero attached hydrogens (tertiary/aromatic N) is 1. The van der Waals surface area contributed by atoms with Gasteiger partial charge in [-0.15, -0.1) is 0 Å². The molecule has 0 bridgehead atoms. The smallest absolute Gasteiger partial charge is 0.336 e. The van der Waals surface area contributed by atoms with Crippen molar-refractivity contribution >= 4 is 28.5 Å². The van der Waals surface area contributed by atoms with Crippen molar-refractivity contribution in [3.05, 3.63) is 45.3 Å². The zero-order valence-corrected chi connectivity index (χ0v) is 14.3. The summed E-state index contributed by atoms with van der Waals surface area (Å²) < 4.78 is 10.3. The Kier molecular flexibility index (Phi) is 5.21. The van der Waals surface area contributed by atoms with E-state index in [1.54, 1.807) is 12.1 Å². The first-order chi connectivity index (χ1) is 11.6. The second-order valence-corrected chi connectivity index (χ2v) is 6.47. The highest BCUT2D eigenvalue weighted by Gasteiger charge is 2.26. The van der Waals surface area contributed by atoms with Gasteiger partial charge < -0.3 is 9.15 Å². The molecule has 0 atom stereocenters. The lowest BCUT2D eigenvalue weighted by atomic mass is 9.96. The minimum Gasteiger partial charge on any atom is -0.466 e. The van der Waals surface area contributed by atoms with Crippen LogP contribution in [0.1, 0.15) is 25.3 Å². The number of fused-ring (bicyclic) bond motifs is 1. The summed E-state index contributed by atoms with van der Waals surface area (Å²) in [5, 5.41) is 1.47. The number of likely N-dealkylation sites (tertiary alicyclic amines) is 1. The number of rotatable bonds is 4. The molecule has 1 saturated heterocycles. The van der Waals surface area contributed by atoms with Gasteiger partial charge in [0.05, 0.1) is 12.5 Å². The Balaban J connectivity index is 1.73. The lowest BCUT2D eigenvalue weighted by Gasteiger charge is -2.30. The quantitative estimate of drug-likeness (QED) is 0.626. The van der Waals surface area contributed by atoms with Gasteiger partial charge in [-0.2, -0.15) is 0 Å². The van der Waals surface area contributed by atoms with Gasteiger partial charge in [0.25, 0.3) is 0 Å². The molecule has 0 amide bonds. The average Bonchev–Trinajstić information content (AvgIpc) is 2.56. The van der Waals surface area contributed by atoms with E-state index in [1.165, 1.54) is 6.07 Å². The second-order valence-electron chi connectivity index (χ2n) is 6.03. The molecule has 0 unspecified atom stereocenters. The Morgan fingerprint density at radius 2 is 2.08 bits per heavy atom. The number of carbonyl (C=O) groups excluding carboxylic acids is 1. The lowest BCUT2D eigenvalue weighted by Crippen LogP contribution is -2.36. The zero-order chi connectivity index (χ0) is 17.1. The van der Waals surface area contributed by atoms with Crippen molar-refractivity contribution in [2.45, 2.75) is 26.3 Å². The van der Waals surface area contributed by atoms with Crippen molar-refractivity contribution in [3.63, 3.8) is 0 Å². The SMILES string of the molecule is CCOC(=O)C1CCN(Cc2cc(=O)oc3ccc(Cl)cc23)CC1. The maximum Gasteiger partial charge on any atom is 0.336 e. The number of hydrogen-bond donors (Lipinski definition) is 0. The largest absolute Gasteiger partial charge is 0.466 e. The third-order valence-electron chi connectivity index (χ3n) is 4.39. The van der Waals surface area contributed by atoms with Crippen LogP contribution in [0.3, 0.4) is 0 Å². The summed E-state index contributed by atoms with van der Waals surface area (Å²) in [6.45, 7) is 4.48. The van der Waals surface area contributed by atoms with Crippen LogP contribution in [0.25, 0.3) is 11.0 Å². The van der Waals surface area contributed by atoms with Crippen LogP contribution in [0.2, 0.25) is 5.02 Å². The Morgan fingerprint density at radius 3 is 2.79 bits per heavy atom. The van der Waals surface area contributed by atoms with E-state index >= 15 is 0 Å². The van der Waals surface area contributed by atoms with Gasteiger partial charge in [0, 0.05) is 23.0 Å². The minimum absolute atomic E-state index is 0.0202. The molecule has 24 heavy (non-hydrogen) atoms. The summed E-state index contributed by atoms with van der Waals surface area (Å²) in [6, 6.07) is 6.77. The van der Waals surface area contributed by atoms with E-state index in [4.69, 9.17) is 20.8 Å². The number of halogens is 1. The predicted octanol–water partition coefficient (Wildman–Crippen LogP) is 3.22. The Labute approximate surface area is 145 Å². The van der Waals surface area contributed by atoms with Crippen molar-refractivity contribution in [2.24, 2.45) is 5.92 Å². The van der Waals surface area contributed by atoms with Crippen molar-refractivity contribution in [1.29, 1.82) is 0 Å². The van der Waals surface area contributed by atoms with E-state index in [2.05, 4.69) is 4.90 Å². The van der Waals surface area contributed by atoms with Crippen LogP contribution in [0.15, 0.2) is 33.5 Å². The molecule has 0 radical (unpaired) electrons. The highest BCUT2D eigenvalue weighted by molar-refractivity contribution is 6.31. The lowest BCUT2D eigenvalue weighted by molar-refractivity contribution is -0.149. The molecule has 1 aliphatic heterocycles. The first kappa shape index (κ1) is 17.0. The molecule has 0 aliphatic carbocycles. The van der Waals surface area contributed by atoms with E-state index < -0.39 is 0 Å². The second kappa shape index (κ2) is 7.36. The van der Waals surface area contributed by atoms with Gasteiger partial charge in [0.2, 0.25) is 0 Å². The van der Waals surface area contributed by atoms with Crippen LogP contribution < -0.4 is 5.63 Å². The van der Waals surface area contributed by atoms with Crippen molar-refractivity contribution < 1.29 is 13.9 Å². The topological polar surface area (TPSA) is 59.8 Å². The molecule has 1 aromatic carbocycles. The van der Waals surface area contributed by atoms with Crippen LogP contribution in [0.4, 0.5) is 0 Å². The van der Waals surface area contributed by atoms with Crippen LogP contribution >= 0.6 is 11.6 Å². The Morgan fingerprint density at radius 1 is 1.33 bits per heavy atom. The molecule has 1 aromatic heterocycles. The van der Waals surface area contributed by atoms with E-state index in [0.29, 0.717) is 23.8 Å². The molecule has 1 aliphatic rings. The fourth-order valence-electron chi connectivity index (χ4n) is 3.16. The third kappa shape index (κ3) is 3.79. The van der Waals surface area contributed by atoms with Gasteiger partial charge in [-0.3, -0.25) is 9.69 Å². The maximum atomic E-state index is 11.8. The third-order valence-corrected chi connectivity index (χ3v) is 4.63. The molecule has 6 heteroatoms. The highest BCUT2D eigenvalue weighted by Crippen LogP contribution is 2.25. The van der Waals surface area contributed by atoms with E-state index in [-0.39, 0.29) is 17.5 Å². The fourth-order valence-corrected chi connectivity index (χ4v) is 3.33. The molecular formula is C18H20ClNO4. The van der Waals surface area contributed by atoms with Crippen molar-refractivity contribution in [1.82, 2.24) is 4.90 Å². The van der Waals surface area contributed by atoms with Gasteiger partial charge in [0.1, 0.15) is 5.58 Å². The highest BCUT2D eigenvalue weighted by atomic mass is 35.5. The molecule has 2 aromatic rings. The van der Waals surface area contributed by atoms with Crippen LogP contribution in [0, 0.1) is 5.92 Å². The number of benzene rings is 1. The number of piperidine rings is 1. The van der Waals surface area contributed by atoms with Gasteiger partial charge in [-0.25, -0.2) is 4.79 Å². The molecule has 0 saturated carbocycles. The molecular weight excluding hydrogens is 330 g/mol. The van der Waals surface area contributed by atoms with Gasteiger partial charge in [-0.05, 0) is 56.6 Å². The summed E-state index contributed by atoms with van der Waals surface area (Å²) >= 11 is 6.07. The maximum absolute atomic E-state index is 11.8. The monoisotopic (exact) mass is 349 g/mol. The molecule has 1 fully saturated rings.